The van der Waals surface area contributed by atoms with Crippen LogP contribution in [-0.4, -0.2) is 32.3 Å². The molecule has 3 aromatic heterocycles. The summed E-state index contributed by atoms with van der Waals surface area (Å²) in [5.74, 6) is 0. The molecule has 4 aromatic rings. The van der Waals surface area contributed by atoms with E-state index in [0.29, 0.717) is 0 Å². The number of benzene rings is 1. The molecule has 0 amide bonds. The topological polar surface area (TPSA) is 64.4 Å². The highest BCUT2D eigenvalue weighted by atomic mass is 15.3. The molecule has 6 rings (SSSR count). The number of anilines is 1. The van der Waals surface area contributed by atoms with Crippen molar-refractivity contribution in [3.8, 4) is 11.3 Å². The molecule has 0 bridgehead atoms. The number of piperidine rings is 1. The van der Waals surface area contributed by atoms with Crippen LogP contribution in [0.1, 0.15) is 30.0 Å². The highest BCUT2D eigenvalue weighted by Gasteiger charge is 2.45. The van der Waals surface area contributed by atoms with Crippen molar-refractivity contribution in [1.29, 1.82) is 0 Å². The summed E-state index contributed by atoms with van der Waals surface area (Å²) in [7, 11) is 1.98. The summed E-state index contributed by atoms with van der Waals surface area (Å²) < 4.78 is 4.03. The average molecular weight is 399 g/mol. The van der Waals surface area contributed by atoms with Gasteiger partial charge in [-0.25, -0.2) is 4.98 Å². The first kappa shape index (κ1) is 17.7. The maximum absolute atomic E-state index is 6.77. The summed E-state index contributed by atoms with van der Waals surface area (Å²) in [6, 6.07) is 13.2. The van der Waals surface area contributed by atoms with Crippen LogP contribution in [0.5, 0.6) is 0 Å². The summed E-state index contributed by atoms with van der Waals surface area (Å²) in [6.07, 6.45) is 11.3. The molecule has 6 heteroatoms. The van der Waals surface area contributed by atoms with E-state index in [-0.39, 0.29) is 11.5 Å². The molecule has 1 aliphatic heterocycles. The Morgan fingerprint density at radius 2 is 1.93 bits per heavy atom. The SMILES string of the molecule is Cn1nccc1-c1cc(N2CCC3(CC2)Cc2ccccc2[C@H]3N)cn2ccnc12. The van der Waals surface area contributed by atoms with Crippen LogP contribution in [0.4, 0.5) is 5.69 Å². The zero-order chi connectivity index (χ0) is 20.3. The van der Waals surface area contributed by atoms with Crippen molar-refractivity contribution in [1.82, 2.24) is 19.2 Å². The third kappa shape index (κ3) is 2.53. The van der Waals surface area contributed by atoms with Crippen LogP contribution in [0.3, 0.4) is 0 Å². The molecule has 1 atom stereocenters. The van der Waals surface area contributed by atoms with Crippen molar-refractivity contribution in [2.24, 2.45) is 18.2 Å². The average Bonchev–Trinajstić information content (AvgIpc) is 3.47. The molecule has 0 radical (unpaired) electrons. The van der Waals surface area contributed by atoms with Crippen molar-refractivity contribution in [3.05, 3.63) is 72.3 Å². The largest absolute Gasteiger partial charge is 0.370 e. The highest BCUT2D eigenvalue weighted by molar-refractivity contribution is 5.78. The van der Waals surface area contributed by atoms with Gasteiger partial charge in [0, 0.05) is 56.5 Å². The van der Waals surface area contributed by atoms with E-state index in [1.165, 1.54) is 16.8 Å². The molecule has 30 heavy (non-hydrogen) atoms. The van der Waals surface area contributed by atoms with E-state index >= 15 is 0 Å². The van der Waals surface area contributed by atoms with Crippen molar-refractivity contribution in [2.45, 2.75) is 25.3 Å². The Labute approximate surface area is 175 Å². The van der Waals surface area contributed by atoms with Gasteiger partial charge in [0.05, 0.1) is 11.4 Å². The van der Waals surface area contributed by atoms with E-state index in [9.17, 15) is 0 Å². The predicted molar refractivity (Wildman–Crippen MR) is 118 cm³/mol. The molecule has 152 valence electrons. The monoisotopic (exact) mass is 398 g/mol. The van der Waals surface area contributed by atoms with Gasteiger partial charge in [0.25, 0.3) is 0 Å². The minimum atomic E-state index is 0.150. The Balaban J connectivity index is 1.31. The van der Waals surface area contributed by atoms with Gasteiger partial charge in [-0.2, -0.15) is 5.10 Å². The molecule has 2 N–H and O–H groups in total. The number of hydrogen-bond acceptors (Lipinski definition) is 4. The minimum absolute atomic E-state index is 0.150. The van der Waals surface area contributed by atoms with E-state index in [0.717, 1.165) is 49.3 Å². The predicted octanol–water partition coefficient (Wildman–Crippen LogP) is 3.58. The van der Waals surface area contributed by atoms with Crippen LogP contribution in [0, 0.1) is 5.41 Å². The van der Waals surface area contributed by atoms with Crippen molar-refractivity contribution < 1.29 is 0 Å². The second kappa shape index (κ2) is 6.44. The smallest absolute Gasteiger partial charge is 0.146 e. The summed E-state index contributed by atoms with van der Waals surface area (Å²) in [4.78, 5) is 7.08. The Morgan fingerprint density at radius 3 is 2.70 bits per heavy atom. The van der Waals surface area contributed by atoms with Crippen LogP contribution in [0.2, 0.25) is 0 Å². The van der Waals surface area contributed by atoms with Gasteiger partial charge >= 0.3 is 0 Å². The quantitative estimate of drug-likeness (QED) is 0.561. The zero-order valence-electron chi connectivity index (χ0n) is 17.2. The van der Waals surface area contributed by atoms with Crippen LogP contribution < -0.4 is 10.6 Å². The molecule has 0 unspecified atom stereocenters. The second-order valence-corrected chi connectivity index (χ2v) is 8.81. The third-order valence-electron chi connectivity index (χ3n) is 7.29. The fraction of sp³-hybridized carbons (Fsp3) is 0.333. The lowest BCUT2D eigenvalue weighted by Gasteiger charge is -2.43. The first-order valence-corrected chi connectivity index (χ1v) is 10.7. The maximum Gasteiger partial charge on any atom is 0.146 e. The number of fused-ring (bicyclic) bond motifs is 2. The van der Waals surface area contributed by atoms with Crippen molar-refractivity contribution in [2.75, 3.05) is 18.0 Å². The number of rotatable bonds is 2. The molecule has 0 saturated carbocycles. The fourth-order valence-corrected chi connectivity index (χ4v) is 5.53. The number of aryl methyl sites for hydroxylation is 1. The molecule has 4 heterocycles. The molecule has 1 saturated heterocycles. The summed E-state index contributed by atoms with van der Waals surface area (Å²) in [5, 5.41) is 4.35. The van der Waals surface area contributed by atoms with Gasteiger partial charge < -0.3 is 15.0 Å². The number of imidazole rings is 1. The lowest BCUT2D eigenvalue weighted by Crippen LogP contribution is -2.44. The molecular formula is C24H26N6. The third-order valence-corrected chi connectivity index (χ3v) is 7.29. The Bertz CT molecular complexity index is 1230. The van der Waals surface area contributed by atoms with E-state index in [1.54, 1.807) is 0 Å². The number of nitrogens with zero attached hydrogens (tertiary/aromatic N) is 5. The van der Waals surface area contributed by atoms with Crippen molar-refractivity contribution in [3.63, 3.8) is 0 Å². The molecule has 6 nitrogen and oxygen atoms in total. The second-order valence-electron chi connectivity index (χ2n) is 8.81. The van der Waals surface area contributed by atoms with Crippen LogP contribution in [-0.2, 0) is 13.5 Å². The van der Waals surface area contributed by atoms with Crippen LogP contribution in [0.15, 0.2) is 61.2 Å². The van der Waals surface area contributed by atoms with E-state index in [1.807, 2.05) is 36.4 Å². The first-order valence-electron chi connectivity index (χ1n) is 10.7. The van der Waals surface area contributed by atoms with Crippen LogP contribution in [0.25, 0.3) is 16.9 Å². The van der Waals surface area contributed by atoms with Gasteiger partial charge in [-0.1, -0.05) is 24.3 Å². The first-order chi connectivity index (χ1) is 14.6. The summed E-state index contributed by atoms with van der Waals surface area (Å²) >= 11 is 0. The van der Waals surface area contributed by atoms with Crippen molar-refractivity contribution >= 4 is 11.3 Å². The number of pyridine rings is 1. The van der Waals surface area contributed by atoms with E-state index < -0.39 is 0 Å². The van der Waals surface area contributed by atoms with E-state index in [4.69, 9.17) is 5.73 Å². The number of hydrogen-bond donors (Lipinski definition) is 1. The van der Waals surface area contributed by atoms with Gasteiger partial charge in [-0.3, -0.25) is 4.68 Å². The Morgan fingerprint density at radius 1 is 1.10 bits per heavy atom. The number of aromatic nitrogens is 4. The normalized spacial score (nSPS) is 20.2. The number of nitrogens with two attached hydrogens (primary N) is 1. The minimum Gasteiger partial charge on any atom is -0.370 e. The molecule has 2 aliphatic rings. The standard InChI is InChI=1S/C24H26N6/c1-28-21(6-9-27-28)20-14-18(16-30-13-10-26-23(20)30)29-11-7-24(8-12-29)15-17-4-2-3-5-19(17)22(24)25/h2-6,9-10,13-14,16,22H,7-8,11-12,15,25H2,1H3/t22-/m1/s1. The molecule has 1 aliphatic carbocycles. The highest BCUT2D eigenvalue weighted by Crippen LogP contribution is 2.51. The van der Waals surface area contributed by atoms with E-state index in [2.05, 4.69) is 55.9 Å². The summed E-state index contributed by atoms with van der Waals surface area (Å²) in [5.41, 5.74) is 14.1. The molecular weight excluding hydrogens is 372 g/mol. The fourth-order valence-electron chi connectivity index (χ4n) is 5.53. The van der Waals surface area contributed by atoms with Gasteiger partial charge in [-0.15, -0.1) is 0 Å². The molecule has 1 spiro atoms. The van der Waals surface area contributed by atoms with Gasteiger partial charge in [-0.05, 0) is 47.9 Å². The Hall–Kier alpha value is -3.12. The Kier molecular flexibility index (Phi) is 3.80. The summed E-state index contributed by atoms with van der Waals surface area (Å²) in [6.45, 7) is 2.04. The molecule has 1 fully saturated rings. The maximum atomic E-state index is 6.77. The van der Waals surface area contributed by atoms with Crippen LogP contribution >= 0.6 is 0 Å². The van der Waals surface area contributed by atoms with Gasteiger partial charge in [0.15, 0.2) is 0 Å². The molecule has 1 aromatic carbocycles. The van der Waals surface area contributed by atoms with Gasteiger partial charge in [0.2, 0.25) is 0 Å². The zero-order valence-corrected chi connectivity index (χ0v) is 17.2. The lowest BCUT2D eigenvalue weighted by atomic mass is 9.73. The van der Waals surface area contributed by atoms with Gasteiger partial charge in [0.1, 0.15) is 5.65 Å². The lowest BCUT2D eigenvalue weighted by molar-refractivity contribution is 0.187.